The zero-order chi connectivity index (χ0) is 27.2. The van der Waals surface area contributed by atoms with Crippen LogP contribution in [0.3, 0.4) is 0 Å². The number of amidine groups is 1. The molecule has 1 fully saturated rings. The number of likely N-dealkylation sites (tertiary alicyclic amines) is 1. The Balaban J connectivity index is 1.68. The second-order valence-electron chi connectivity index (χ2n) is 9.45. The van der Waals surface area contributed by atoms with Crippen LogP contribution in [-0.4, -0.2) is 84.0 Å². The third-order valence-electron chi connectivity index (χ3n) is 6.47. The van der Waals surface area contributed by atoms with E-state index in [-0.39, 0.29) is 24.1 Å². The zero-order valence-electron chi connectivity index (χ0n) is 21.3. The minimum atomic E-state index is -0.852. The average Bonchev–Trinajstić information content (AvgIpc) is 3.38. The zero-order valence-corrected chi connectivity index (χ0v) is 22.9. The number of aliphatic imine (C=N–C) groups is 1. The Morgan fingerprint density at radius 3 is 2.89 bits per heavy atom. The van der Waals surface area contributed by atoms with Crippen LogP contribution in [0.5, 0.6) is 0 Å². The van der Waals surface area contributed by atoms with E-state index >= 15 is 0 Å². The summed E-state index contributed by atoms with van der Waals surface area (Å²) in [5.74, 6) is -1.06. The normalized spacial score (nSPS) is 20.3. The van der Waals surface area contributed by atoms with Gasteiger partial charge < -0.3 is 15.2 Å². The molecule has 0 bridgehead atoms. The summed E-state index contributed by atoms with van der Waals surface area (Å²) in [4.78, 5) is 37.7. The number of hydrogen-bond donors (Lipinski definition) is 2. The van der Waals surface area contributed by atoms with Crippen molar-refractivity contribution in [3.05, 3.63) is 62.5 Å². The third kappa shape index (κ3) is 6.96. The number of benzene rings is 1. The molecule has 2 aliphatic heterocycles. The SMILES string of the molecule is CCOC(=O)C1=C(CN2CCCC(CN(C)CC(=O)O)C2)NC(c2nccs2)=N[C@H]1c1ccc(F)cc1Cl. The van der Waals surface area contributed by atoms with E-state index < -0.39 is 23.8 Å². The first-order chi connectivity index (χ1) is 18.2. The van der Waals surface area contributed by atoms with Gasteiger partial charge in [-0.2, -0.15) is 0 Å². The van der Waals surface area contributed by atoms with Gasteiger partial charge in [-0.25, -0.2) is 14.2 Å². The molecule has 4 rings (SSSR count). The van der Waals surface area contributed by atoms with E-state index in [0.717, 1.165) is 25.9 Å². The summed E-state index contributed by atoms with van der Waals surface area (Å²) in [5, 5.41) is 15.1. The molecule has 0 aliphatic carbocycles. The Morgan fingerprint density at radius 2 is 2.21 bits per heavy atom. The van der Waals surface area contributed by atoms with Gasteiger partial charge in [-0.3, -0.25) is 19.6 Å². The van der Waals surface area contributed by atoms with Gasteiger partial charge in [0.2, 0.25) is 0 Å². The molecule has 1 aromatic carbocycles. The van der Waals surface area contributed by atoms with Crippen molar-refractivity contribution in [1.29, 1.82) is 0 Å². The van der Waals surface area contributed by atoms with E-state index in [0.29, 0.717) is 40.8 Å². The summed E-state index contributed by atoms with van der Waals surface area (Å²) < 4.78 is 19.3. The number of carboxylic acids is 1. The predicted octanol–water partition coefficient (Wildman–Crippen LogP) is 3.57. The van der Waals surface area contributed by atoms with Crippen LogP contribution in [0, 0.1) is 11.7 Å². The lowest BCUT2D eigenvalue weighted by atomic mass is 9.94. The van der Waals surface area contributed by atoms with Gasteiger partial charge in [0.1, 0.15) is 11.9 Å². The van der Waals surface area contributed by atoms with Gasteiger partial charge >= 0.3 is 11.9 Å². The molecule has 12 heteroatoms. The molecule has 0 saturated carbocycles. The lowest BCUT2D eigenvalue weighted by Gasteiger charge is -2.36. The number of carbonyl (C=O) groups is 2. The minimum absolute atomic E-state index is 0.00996. The van der Waals surface area contributed by atoms with Gasteiger partial charge in [0.25, 0.3) is 0 Å². The highest BCUT2D eigenvalue weighted by molar-refractivity contribution is 7.11. The molecule has 0 amide bonds. The predicted molar refractivity (Wildman–Crippen MR) is 144 cm³/mol. The number of halogens is 2. The monoisotopic (exact) mass is 563 g/mol. The first-order valence-electron chi connectivity index (χ1n) is 12.5. The first kappa shape index (κ1) is 28.2. The number of thiazole rings is 1. The number of esters is 1. The maximum Gasteiger partial charge on any atom is 0.338 e. The van der Waals surface area contributed by atoms with E-state index in [2.05, 4.69) is 15.2 Å². The Hall–Kier alpha value is -2.86. The number of carbonyl (C=O) groups excluding carboxylic acids is 1. The molecule has 204 valence electrons. The van der Waals surface area contributed by atoms with Crippen molar-refractivity contribution in [2.75, 3.05) is 46.4 Å². The van der Waals surface area contributed by atoms with Crippen molar-refractivity contribution in [3.8, 4) is 0 Å². The maximum absolute atomic E-state index is 13.9. The number of nitrogens with one attached hydrogen (secondary N) is 1. The molecule has 2 aliphatic rings. The van der Waals surface area contributed by atoms with Crippen LogP contribution in [0.1, 0.15) is 36.4 Å². The molecule has 0 spiro atoms. The number of piperidine rings is 1. The number of hydrogen-bond acceptors (Lipinski definition) is 9. The van der Waals surface area contributed by atoms with E-state index in [9.17, 15) is 14.0 Å². The molecule has 1 unspecified atom stereocenters. The molecule has 0 radical (unpaired) electrons. The molecule has 38 heavy (non-hydrogen) atoms. The smallest absolute Gasteiger partial charge is 0.338 e. The Labute approximate surface area is 230 Å². The highest BCUT2D eigenvalue weighted by Gasteiger charge is 2.35. The quantitative estimate of drug-likeness (QED) is 0.423. The van der Waals surface area contributed by atoms with Crippen molar-refractivity contribution in [1.82, 2.24) is 20.1 Å². The summed E-state index contributed by atoms with van der Waals surface area (Å²) in [6.07, 6.45) is 3.63. The molecule has 9 nitrogen and oxygen atoms in total. The molecule has 3 heterocycles. The number of ether oxygens (including phenoxy) is 1. The Bertz CT molecular complexity index is 1220. The lowest BCUT2D eigenvalue weighted by molar-refractivity contribution is -0.139. The van der Waals surface area contributed by atoms with Crippen LogP contribution in [0.4, 0.5) is 4.39 Å². The number of carboxylic acid groups (broad SMARTS) is 1. The molecular weight excluding hydrogens is 533 g/mol. The fourth-order valence-electron chi connectivity index (χ4n) is 4.97. The van der Waals surface area contributed by atoms with Crippen LogP contribution >= 0.6 is 22.9 Å². The summed E-state index contributed by atoms with van der Waals surface area (Å²) >= 11 is 7.86. The summed E-state index contributed by atoms with van der Waals surface area (Å²) in [6.45, 7) is 4.57. The highest BCUT2D eigenvalue weighted by atomic mass is 35.5. The standard InChI is InChI=1S/C26H31ClFN5O4S/c1-3-37-26(36)22-20(14-33-9-4-5-16(13-33)12-32(2)15-21(34)35)30-24(25-29-8-10-38-25)31-23(22)18-7-6-17(28)11-19(18)27/h6-8,10-11,16,23H,3-5,9,12-15H2,1-2H3,(H,30,31)(H,34,35)/t16?,23-/m0/s1. The topological polar surface area (TPSA) is 107 Å². The van der Waals surface area contributed by atoms with Crippen LogP contribution in [0.25, 0.3) is 0 Å². The van der Waals surface area contributed by atoms with Crippen molar-refractivity contribution in [2.45, 2.75) is 25.8 Å². The number of rotatable bonds is 10. The molecule has 1 saturated heterocycles. The van der Waals surface area contributed by atoms with E-state index in [1.807, 2.05) is 17.3 Å². The summed E-state index contributed by atoms with van der Waals surface area (Å²) in [5.41, 5.74) is 1.45. The second-order valence-corrected chi connectivity index (χ2v) is 10.8. The van der Waals surface area contributed by atoms with Crippen molar-refractivity contribution in [3.63, 3.8) is 0 Å². The lowest BCUT2D eigenvalue weighted by Crippen LogP contribution is -2.45. The third-order valence-corrected chi connectivity index (χ3v) is 7.58. The van der Waals surface area contributed by atoms with E-state index in [4.69, 9.17) is 26.4 Å². The summed E-state index contributed by atoms with van der Waals surface area (Å²) in [6, 6.07) is 3.25. The average molecular weight is 564 g/mol. The van der Waals surface area contributed by atoms with Gasteiger partial charge in [-0.1, -0.05) is 17.7 Å². The highest BCUT2D eigenvalue weighted by Crippen LogP contribution is 2.37. The van der Waals surface area contributed by atoms with Gasteiger partial charge in [0.05, 0.1) is 18.7 Å². The fraction of sp³-hybridized carbons (Fsp3) is 0.462. The van der Waals surface area contributed by atoms with Crippen molar-refractivity contribution >= 4 is 40.7 Å². The van der Waals surface area contributed by atoms with Crippen LogP contribution in [0.15, 0.2) is 46.0 Å². The van der Waals surface area contributed by atoms with Gasteiger partial charge in [-0.05, 0) is 51.4 Å². The number of aliphatic carboxylic acids is 1. The fourth-order valence-corrected chi connectivity index (χ4v) is 5.83. The molecule has 2 N–H and O–H groups in total. The minimum Gasteiger partial charge on any atom is -0.480 e. The summed E-state index contributed by atoms with van der Waals surface area (Å²) in [7, 11) is 1.81. The van der Waals surface area contributed by atoms with E-state index in [1.165, 1.54) is 23.5 Å². The van der Waals surface area contributed by atoms with Gasteiger partial charge in [0.15, 0.2) is 10.8 Å². The van der Waals surface area contributed by atoms with Gasteiger partial charge in [-0.15, -0.1) is 11.3 Å². The first-order valence-corrected chi connectivity index (χ1v) is 13.7. The van der Waals surface area contributed by atoms with Crippen molar-refractivity contribution in [2.24, 2.45) is 10.9 Å². The van der Waals surface area contributed by atoms with Crippen LogP contribution in [0.2, 0.25) is 5.02 Å². The van der Waals surface area contributed by atoms with Crippen molar-refractivity contribution < 1.29 is 23.8 Å². The molecule has 1 aromatic heterocycles. The number of likely N-dealkylation sites (N-methyl/N-ethyl adjacent to an activating group) is 1. The Morgan fingerprint density at radius 1 is 1.39 bits per heavy atom. The van der Waals surface area contributed by atoms with Gasteiger partial charge in [0, 0.05) is 47.5 Å². The molecule has 2 aromatic rings. The van der Waals surface area contributed by atoms with E-state index in [1.54, 1.807) is 19.2 Å². The molecule has 2 atom stereocenters. The van der Waals surface area contributed by atoms with Crippen LogP contribution in [-0.2, 0) is 14.3 Å². The largest absolute Gasteiger partial charge is 0.480 e. The maximum atomic E-state index is 13.9. The second kappa shape index (κ2) is 12.8. The van der Waals surface area contributed by atoms with Crippen LogP contribution < -0.4 is 5.32 Å². The number of aromatic nitrogens is 1. The Kier molecular flexibility index (Phi) is 9.48. The molecular formula is C26H31ClFN5O4S. The number of nitrogens with zero attached hydrogens (tertiary/aromatic N) is 4.